The highest BCUT2D eigenvalue weighted by atomic mass is 16.3. The molecule has 0 heterocycles. The van der Waals surface area contributed by atoms with Crippen LogP contribution >= 0.6 is 0 Å². The highest BCUT2D eigenvalue weighted by Gasteiger charge is 2.34. The minimum absolute atomic E-state index is 0.00370. The van der Waals surface area contributed by atoms with Gasteiger partial charge in [0.25, 0.3) is 0 Å². The normalized spacial score (nSPS) is 17.0. The second-order valence-electron chi connectivity index (χ2n) is 7.67. The molecule has 2 amide bonds. The van der Waals surface area contributed by atoms with Crippen LogP contribution in [0.2, 0.25) is 0 Å². The molecule has 5 nitrogen and oxygen atoms in total. The summed E-state index contributed by atoms with van der Waals surface area (Å²) in [7, 11) is 0. The van der Waals surface area contributed by atoms with E-state index in [2.05, 4.69) is 43.5 Å². The maximum Gasteiger partial charge on any atom is 0.245 e. The van der Waals surface area contributed by atoms with Crippen LogP contribution in [0, 0.1) is 5.92 Å². The first-order valence-corrected chi connectivity index (χ1v) is 8.54. The molecular weight excluding hydrogens is 304 g/mol. The summed E-state index contributed by atoms with van der Waals surface area (Å²) in [5, 5.41) is 15.2. The molecule has 1 aliphatic carbocycles. The van der Waals surface area contributed by atoms with Crippen molar-refractivity contribution in [1.82, 2.24) is 10.6 Å². The van der Waals surface area contributed by atoms with Crippen LogP contribution in [0.4, 0.5) is 0 Å². The summed E-state index contributed by atoms with van der Waals surface area (Å²) < 4.78 is 0. The first kappa shape index (κ1) is 18.5. The third-order valence-corrected chi connectivity index (χ3v) is 4.30. The van der Waals surface area contributed by atoms with Crippen molar-refractivity contribution in [2.45, 2.75) is 64.6 Å². The fraction of sp³-hybridized carbons (Fsp3) is 0.579. The molecule has 24 heavy (non-hydrogen) atoms. The van der Waals surface area contributed by atoms with Gasteiger partial charge in [-0.3, -0.25) is 9.59 Å². The minimum Gasteiger partial charge on any atom is -0.391 e. The standard InChI is InChI=1S/C19H28N2O3/c1-12(22)16(21-17(23)14-7-8-14)18(24)20-11-13-5-9-15(10-6-13)19(2,3)4/h5-6,9-10,12,14,16,22H,7-8,11H2,1-4H3,(H,20,24)(H,21,23). The summed E-state index contributed by atoms with van der Waals surface area (Å²) in [4.78, 5) is 24.1. The van der Waals surface area contributed by atoms with Crippen molar-refractivity contribution in [3.8, 4) is 0 Å². The van der Waals surface area contributed by atoms with Gasteiger partial charge in [-0.15, -0.1) is 0 Å². The predicted octanol–water partition coefficient (Wildman–Crippen LogP) is 1.88. The molecule has 3 N–H and O–H groups in total. The van der Waals surface area contributed by atoms with Crippen LogP contribution in [0.3, 0.4) is 0 Å². The van der Waals surface area contributed by atoms with Crippen LogP contribution in [-0.2, 0) is 21.5 Å². The third-order valence-electron chi connectivity index (χ3n) is 4.30. The van der Waals surface area contributed by atoms with Gasteiger partial charge in [-0.05, 0) is 36.3 Å². The molecular formula is C19H28N2O3. The van der Waals surface area contributed by atoms with Crippen molar-refractivity contribution < 1.29 is 14.7 Å². The summed E-state index contributed by atoms with van der Waals surface area (Å²) in [5.41, 5.74) is 2.30. The number of nitrogens with one attached hydrogen (secondary N) is 2. The van der Waals surface area contributed by atoms with Gasteiger partial charge in [0.1, 0.15) is 6.04 Å². The maximum absolute atomic E-state index is 12.3. The van der Waals surface area contributed by atoms with Gasteiger partial charge in [0.2, 0.25) is 11.8 Å². The molecule has 5 heteroatoms. The van der Waals surface area contributed by atoms with Gasteiger partial charge in [-0.1, -0.05) is 45.0 Å². The van der Waals surface area contributed by atoms with Crippen LogP contribution in [0.15, 0.2) is 24.3 Å². The van der Waals surface area contributed by atoms with Crippen molar-refractivity contribution in [3.05, 3.63) is 35.4 Å². The maximum atomic E-state index is 12.3. The summed E-state index contributed by atoms with van der Waals surface area (Å²) in [6, 6.07) is 7.18. The van der Waals surface area contributed by atoms with Gasteiger partial charge < -0.3 is 15.7 Å². The van der Waals surface area contributed by atoms with E-state index in [0.717, 1.165) is 18.4 Å². The molecule has 0 spiro atoms. The average Bonchev–Trinajstić information content (AvgIpc) is 3.34. The number of hydrogen-bond acceptors (Lipinski definition) is 3. The molecule has 1 aromatic carbocycles. The van der Waals surface area contributed by atoms with Crippen molar-refractivity contribution in [2.24, 2.45) is 5.92 Å². The number of benzene rings is 1. The smallest absolute Gasteiger partial charge is 0.245 e. The van der Waals surface area contributed by atoms with Gasteiger partial charge in [-0.25, -0.2) is 0 Å². The second-order valence-corrected chi connectivity index (χ2v) is 7.67. The van der Waals surface area contributed by atoms with Crippen molar-refractivity contribution >= 4 is 11.8 Å². The zero-order valence-corrected chi connectivity index (χ0v) is 14.9. The molecule has 1 aliphatic rings. The second kappa shape index (κ2) is 7.34. The number of aliphatic hydroxyl groups is 1. The predicted molar refractivity (Wildman–Crippen MR) is 93.3 cm³/mol. The average molecular weight is 332 g/mol. The first-order valence-electron chi connectivity index (χ1n) is 8.54. The van der Waals surface area contributed by atoms with Crippen LogP contribution in [0.25, 0.3) is 0 Å². The molecule has 0 aliphatic heterocycles. The largest absolute Gasteiger partial charge is 0.391 e. The molecule has 1 saturated carbocycles. The summed E-state index contributed by atoms with van der Waals surface area (Å²) in [5.74, 6) is -0.506. The van der Waals surface area contributed by atoms with Gasteiger partial charge in [0, 0.05) is 12.5 Å². The molecule has 2 atom stereocenters. The number of amides is 2. The molecule has 1 fully saturated rings. The van der Waals surface area contributed by atoms with E-state index in [-0.39, 0.29) is 23.1 Å². The van der Waals surface area contributed by atoms with Crippen LogP contribution in [-0.4, -0.2) is 29.1 Å². The minimum atomic E-state index is -0.934. The molecule has 1 aromatic rings. The van der Waals surface area contributed by atoms with Crippen molar-refractivity contribution in [2.75, 3.05) is 0 Å². The molecule has 2 unspecified atom stereocenters. The lowest BCUT2D eigenvalue weighted by molar-refractivity contribution is -0.132. The van der Waals surface area contributed by atoms with Crippen molar-refractivity contribution in [3.63, 3.8) is 0 Å². The Labute approximate surface area is 143 Å². The quantitative estimate of drug-likeness (QED) is 0.744. The lowest BCUT2D eigenvalue weighted by Crippen LogP contribution is -2.52. The molecule has 0 bridgehead atoms. The Morgan fingerprint density at radius 3 is 2.25 bits per heavy atom. The van der Waals surface area contributed by atoms with E-state index in [0.29, 0.717) is 6.54 Å². The number of rotatable bonds is 6. The van der Waals surface area contributed by atoms with E-state index in [4.69, 9.17) is 0 Å². The zero-order chi connectivity index (χ0) is 17.9. The Kier molecular flexibility index (Phi) is 5.65. The molecule has 0 saturated heterocycles. The Hall–Kier alpha value is -1.88. The number of carbonyl (C=O) groups excluding carboxylic acids is 2. The van der Waals surface area contributed by atoms with E-state index in [1.54, 1.807) is 0 Å². The molecule has 0 aromatic heterocycles. The topological polar surface area (TPSA) is 78.4 Å². The third kappa shape index (κ3) is 5.06. The lowest BCUT2D eigenvalue weighted by Gasteiger charge is -2.21. The molecule has 2 rings (SSSR count). The Morgan fingerprint density at radius 2 is 1.79 bits per heavy atom. The van der Waals surface area contributed by atoms with Crippen LogP contribution < -0.4 is 10.6 Å². The SMILES string of the molecule is CC(O)C(NC(=O)C1CC1)C(=O)NCc1ccc(C(C)(C)C)cc1. The van der Waals surface area contributed by atoms with E-state index < -0.39 is 12.1 Å². The Balaban J connectivity index is 1.91. The Bertz CT molecular complexity index is 584. The van der Waals surface area contributed by atoms with Crippen LogP contribution in [0.1, 0.15) is 51.7 Å². The van der Waals surface area contributed by atoms with Gasteiger partial charge in [0.15, 0.2) is 0 Å². The summed E-state index contributed by atoms with van der Waals surface area (Å²) >= 11 is 0. The van der Waals surface area contributed by atoms with Gasteiger partial charge >= 0.3 is 0 Å². The van der Waals surface area contributed by atoms with Gasteiger partial charge in [0.05, 0.1) is 6.10 Å². The molecule has 132 valence electrons. The van der Waals surface area contributed by atoms with Gasteiger partial charge in [-0.2, -0.15) is 0 Å². The van der Waals surface area contributed by atoms with E-state index >= 15 is 0 Å². The zero-order valence-electron chi connectivity index (χ0n) is 14.9. The molecule has 0 radical (unpaired) electrons. The number of carbonyl (C=O) groups is 2. The summed E-state index contributed by atoms with van der Waals surface area (Å²) in [6.07, 6.45) is 0.788. The number of hydrogen-bond donors (Lipinski definition) is 3. The fourth-order valence-electron chi connectivity index (χ4n) is 2.44. The number of aliphatic hydroxyl groups excluding tert-OH is 1. The summed E-state index contributed by atoms with van der Waals surface area (Å²) in [6.45, 7) is 8.33. The van der Waals surface area contributed by atoms with E-state index in [9.17, 15) is 14.7 Å². The van der Waals surface area contributed by atoms with E-state index in [1.165, 1.54) is 12.5 Å². The van der Waals surface area contributed by atoms with Crippen molar-refractivity contribution in [1.29, 1.82) is 0 Å². The van der Waals surface area contributed by atoms with E-state index in [1.807, 2.05) is 12.1 Å². The monoisotopic (exact) mass is 332 g/mol. The lowest BCUT2D eigenvalue weighted by atomic mass is 9.87. The highest BCUT2D eigenvalue weighted by molar-refractivity contribution is 5.89. The first-order chi connectivity index (χ1) is 11.2. The Morgan fingerprint density at radius 1 is 1.21 bits per heavy atom. The highest BCUT2D eigenvalue weighted by Crippen LogP contribution is 2.29. The van der Waals surface area contributed by atoms with Crippen LogP contribution in [0.5, 0.6) is 0 Å². The fourth-order valence-corrected chi connectivity index (χ4v) is 2.44.